The Morgan fingerprint density at radius 3 is 2.81 bits per heavy atom. The van der Waals surface area contributed by atoms with E-state index >= 15 is 0 Å². The van der Waals surface area contributed by atoms with Crippen molar-refractivity contribution < 1.29 is 13.9 Å². The van der Waals surface area contributed by atoms with Crippen molar-refractivity contribution in [3.05, 3.63) is 24.0 Å². The molecule has 0 bridgehead atoms. The van der Waals surface area contributed by atoms with E-state index in [2.05, 4.69) is 0 Å². The number of nitrogens with zero attached hydrogens (tertiary/aromatic N) is 1. The summed E-state index contributed by atoms with van der Waals surface area (Å²) in [5.74, 6) is -0.135. The first-order valence-corrected chi connectivity index (χ1v) is 4.90. The lowest BCUT2D eigenvalue weighted by molar-refractivity contribution is -0.118. The average molecular weight is 226 g/mol. The second-order valence-corrected chi connectivity index (χ2v) is 3.31. The molecule has 16 heavy (non-hydrogen) atoms. The van der Waals surface area contributed by atoms with Crippen LogP contribution >= 0.6 is 0 Å². The molecule has 0 aliphatic heterocycles. The van der Waals surface area contributed by atoms with Gasteiger partial charge in [0, 0.05) is 26.1 Å². The number of hydrogen-bond acceptors (Lipinski definition) is 3. The Morgan fingerprint density at radius 1 is 1.56 bits per heavy atom. The number of hydrogen-bond donors (Lipinski definition) is 1. The van der Waals surface area contributed by atoms with Gasteiger partial charge in [-0.1, -0.05) is 0 Å². The fourth-order valence-electron chi connectivity index (χ4n) is 1.35. The van der Waals surface area contributed by atoms with Gasteiger partial charge in [0.05, 0.1) is 12.8 Å². The van der Waals surface area contributed by atoms with Crippen LogP contribution in [0.4, 0.5) is 10.1 Å². The van der Waals surface area contributed by atoms with E-state index in [-0.39, 0.29) is 18.9 Å². The molecule has 1 aromatic rings. The van der Waals surface area contributed by atoms with Crippen molar-refractivity contribution in [2.24, 2.45) is 5.73 Å². The maximum atomic E-state index is 13.1. The first-order chi connectivity index (χ1) is 7.60. The van der Waals surface area contributed by atoms with Gasteiger partial charge < -0.3 is 15.4 Å². The summed E-state index contributed by atoms with van der Waals surface area (Å²) in [5, 5.41) is 0. The lowest BCUT2D eigenvalue weighted by atomic mass is 10.2. The minimum atomic E-state index is -0.414. The summed E-state index contributed by atoms with van der Waals surface area (Å²) in [4.78, 5) is 12.9. The highest BCUT2D eigenvalue weighted by molar-refractivity contribution is 5.94. The number of rotatable bonds is 4. The molecule has 0 radical (unpaired) electrons. The summed E-state index contributed by atoms with van der Waals surface area (Å²) in [6, 6.07) is 4.02. The van der Waals surface area contributed by atoms with Crippen LogP contribution in [0.1, 0.15) is 6.42 Å². The highest BCUT2D eigenvalue weighted by Crippen LogP contribution is 2.28. The molecule has 5 heteroatoms. The van der Waals surface area contributed by atoms with Gasteiger partial charge in [-0.3, -0.25) is 4.79 Å². The van der Waals surface area contributed by atoms with E-state index in [9.17, 15) is 9.18 Å². The number of benzene rings is 1. The molecule has 2 N–H and O–H groups in total. The van der Waals surface area contributed by atoms with Crippen molar-refractivity contribution in [3.8, 4) is 5.75 Å². The molecule has 4 nitrogen and oxygen atoms in total. The maximum Gasteiger partial charge on any atom is 0.228 e. The molecule has 0 saturated heterocycles. The van der Waals surface area contributed by atoms with Crippen LogP contribution in [-0.4, -0.2) is 26.6 Å². The number of halogens is 1. The van der Waals surface area contributed by atoms with Crippen LogP contribution in [0.5, 0.6) is 5.75 Å². The zero-order valence-electron chi connectivity index (χ0n) is 9.37. The van der Waals surface area contributed by atoms with Crippen LogP contribution in [0.2, 0.25) is 0 Å². The van der Waals surface area contributed by atoms with Crippen LogP contribution in [0.3, 0.4) is 0 Å². The Morgan fingerprint density at radius 2 is 2.25 bits per heavy atom. The molecule has 0 aliphatic rings. The molecule has 88 valence electrons. The molecule has 0 fully saturated rings. The number of ether oxygens (including phenoxy) is 1. The standard InChI is InChI=1S/C11H15FN2O2/c1-14(11(15)5-6-13)9-7-8(12)3-4-10(9)16-2/h3-4,7H,5-6,13H2,1-2H3. The number of carbonyl (C=O) groups excluding carboxylic acids is 1. The Bertz CT molecular complexity index is 382. The summed E-state index contributed by atoms with van der Waals surface area (Å²) in [5.41, 5.74) is 5.70. The van der Waals surface area contributed by atoms with Crippen molar-refractivity contribution in [2.75, 3.05) is 25.6 Å². The van der Waals surface area contributed by atoms with Gasteiger partial charge in [-0.25, -0.2) is 4.39 Å². The van der Waals surface area contributed by atoms with Crippen LogP contribution < -0.4 is 15.4 Å². The van der Waals surface area contributed by atoms with Crippen molar-refractivity contribution >= 4 is 11.6 Å². The lowest BCUT2D eigenvalue weighted by Gasteiger charge is -2.19. The van der Waals surface area contributed by atoms with Crippen molar-refractivity contribution in [1.29, 1.82) is 0 Å². The van der Waals surface area contributed by atoms with Crippen LogP contribution in [0.25, 0.3) is 0 Å². The number of anilines is 1. The van der Waals surface area contributed by atoms with Crippen LogP contribution in [-0.2, 0) is 4.79 Å². The van der Waals surface area contributed by atoms with Gasteiger partial charge in [-0.15, -0.1) is 0 Å². The second-order valence-electron chi connectivity index (χ2n) is 3.31. The van der Waals surface area contributed by atoms with E-state index in [0.717, 1.165) is 0 Å². The summed E-state index contributed by atoms with van der Waals surface area (Å²) in [7, 11) is 3.03. The molecular formula is C11H15FN2O2. The monoisotopic (exact) mass is 226 g/mol. The van der Waals surface area contributed by atoms with Gasteiger partial charge in [0.1, 0.15) is 11.6 Å². The van der Waals surface area contributed by atoms with E-state index in [1.165, 1.54) is 30.2 Å². The molecule has 1 amide bonds. The minimum absolute atomic E-state index is 0.175. The Kier molecular flexibility index (Phi) is 4.25. The predicted octanol–water partition coefficient (Wildman–Crippen LogP) is 1.15. The smallest absolute Gasteiger partial charge is 0.228 e. The van der Waals surface area contributed by atoms with Crippen molar-refractivity contribution in [2.45, 2.75) is 6.42 Å². The quantitative estimate of drug-likeness (QED) is 0.837. The predicted molar refractivity (Wildman–Crippen MR) is 60.0 cm³/mol. The highest BCUT2D eigenvalue weighted by atomic mass is 19.1. The molecule has 0 aromatic heterocycles. The average Bonchev–Trinajstić information content (AvgIpc) is 2.28. The Balaban J connectivity index is 3.01. The third kappa shape index (κ3) is 2.70. The van der Waals surface area contributed by atoms with E-state index in [0.29, 0.717) is 11.4 Å². The first-order valence-electron chi connectivity index (χ1n) is 4.90. The molecule has 1 rings (SSSR count). The molecular weight excluding hydrogens is 211 g/mol. The minimum Gasteiger partial charge on any atom is -0.495 e. The number of carbonyl (C=O) groups is 1. The summed E-state index contributed by atoms with van der Waals surface area (Å²) in [6.45, 7) is 0.265. The van der Waals surface area contributed by atoms with Gasteiger partial charge in [-0.05, 0) is 12.1 Å². The largest absolute Gasteiger partial charge is 0.495 e. The second kappa shape index (κ2) is 5.46. The topological polar surface area (TPSA) is 55.6 Å². The van der Waals surface area contributed by atoms with E-state index < -0.39 is 5.82 Å². The molecule has 0 heterocycles. The first kappa shape index (κ1) is 12.4. The third-order valence-corrected chi connectivity index (χ3v) is 2.23. The van der Waals surface area contributed by atoms with Crippen molar-refractivity contribution in [1.82, 2.24) is 0 Å². The summed E-state index contributed by atoms with van der Waals surface area (Å²) >= 11 is 0. The number of methoxy groups -OCH3 is 1. The van der Waals surface area contributed by atoms with Crippen molar-refractivity contribution in [3.63, 3.8) is 0 Å². The molecule has 1 aromatic carbocycles. The zero-order chi connectivity index (χ0) is 12.1. The summed E-state index contributed by atoms with van der Waals surface area (Å²) < 4.78 is 18.1. The SMILES string of the molecule is COc1ccc(F)cc1N(C)C(=O)CCN. The Labute approximate surface area is 93.8 Å². The number of nitrogens with two attached hydrogens (primary N) is 1. The van der Waals surface area contributed by atoms with Gasteiger partial charge in [-0.2, -0.15) is 0 Å². The van der Waals surface area contributed by atoms with Gasteiger partial charge >= 0.3 is 0 Å². The molecule has 0 unspecified atom stereocenters. The number of amides is 1. The van der Waals surface area contributed by atoms with E-state index in [1.807, 2.05) is 0 Å². The fourth-order valence-corrected chi connectivity index (χ4v) is 1.35. The fraction of sp³-hybridized carbons (Fsp3) is 0.364. The summed E-state index contributed by atoms with van der Waals surface area (Å²) in [6.07, 6.45) is 0.218. The lowest BCUT2D eigenvalue weighted by Crippen LogP contribution is -2.28. The van der Waals surface area contributed by atoms with Crippen LogP contribution in [0.15, 0.2) is 18.2 Å². The van der Waals surface area contributed by atoms with Gasteiger partial charge in [0.25, 0.3) is 0 Å². The maximum absolute atomic E-state index is 13.1. The van der Waals surface area contributed by atoms with Gasteiger partial charge in [0.2, 0.25) is 5.91 Å². The molecule has 0 spiro atoms. The molecule has 0 saturated carbocycles. The zero-order valence-corrected chi connectivity index (χ0v) is 9.37. The molecule has 0 aliphatic carbocycles. The van der Waals surface area contributed by atoms with Gasteiger partial charge in [0.15, 0.2) is 0 Å². The van der Waals surface area contributed by atoms with E-state index in [4.69, 9.17) is 10.5 Å². The Hall–Kier alpha value is -1.62. The van der Waals surface area contributed by atoms with Crippen LogP contribution in [0, 0.1) is 5.82 Å². The highest BCUT2D eigenvalue weighted by Gasteiger charge is 2.15. The van der Waals surface area contributed by atoms with E-state index in [1.54, 1.807) is 7.05 Å². The third-order valence-electron chi connectivity index (χ3n) is 2.23. The molecule has 0 atom stereocenters. The normalized spacial score (nSPS) is 10.0.